The van der Waals surface area contributed by atoms with Crippen LogP contribution in [-0.4, -0.2) is 69.1 Å². The summed E-state index contributed by atoms with van der Waals surface area (Å²) in [5, 5.41) is 3.81. The molecule has 1 fully saturated rings. The third-order valence-corrected chi connectivity index (χ3v) is 6.63. The Morgan fingerprint density at radius 1 is 1.03 bits per heavy atom. The summed E-state index contributed by atoms with van der Waals surface area (Å²) in [7, 11) is 4.34. The van der Waals surface area contributed by atoms with Gasteiger partial charge in [0.1, 0.15) is 0 Å². The van der Waals surface area contributed by atoms with Crippen molar-refractivity contribution in [1.82, 2.24) is 15.1 Å². The molecule has 1 N–H and O–H groups in total. The minimum absolute atomic E-state index is 0.0523. The Balaban J connectivity index is 1.54. The van der Waals surface area contributed by atoms with Gasteiger partial charge < -0.3 is 15.1 Å². The SMILES string of the molecule is CN1CCN([C@H](CNC(=O)c2ccc(Cl)cc2)c2ccc3c(c2)CCCN3C)CC1. The Morgan fingerprint density at radius 3 is 2.50 bits per heavy atom. The molecule has 0 bridgehead atoms. The van der Waals surface area contributed by atoms with Crippen LogP contribution in [0.25, 0.3) is 0 Å². The average molecular weight is 427 g/mol. The van der Waals surface area contributed by atoms with Crippen LogP contribution in [0.5, 0.6) is 0 Å². The number of amides is 1. The van der Waals surface area contributed by atoms with E-state index in [4.69, 9.17) is 11.6 Å². The monoisotopic (exact) mass is 426 g/mol. The van der Waals surface area contributed by atoms with Crippen LogP contribution in [-0.2, 0) is 6.42 Å². The lowest BCUT2D eigenvalue weighted by Gasteiger charge is -2.39. The lowest BCUT2D eigenvalue weighted by molar-refractivity contribution is 0.0886. The number of nitrogens with one attached hydrogen (secondary N) is 1. The van der Waals surface area contributed by atoms with Crippen molar-refractivity contribution in [3.63, 3.8) is 0 Å². The average Bonchev–Trinajstić information content (AvgIpc) is 2.75. The molecule has 30 heavy (non-hydrogen) atoms. The molecule has 0 aromatic heterocycles. The zero-order valence-corrected chi connectivity index (χ0v) is 18.7. The van der Waals surface area contributed by atoms with Crippen molar-refractivity contribution in [2.75, 3.05) is 58.3 Å². The number of benzene rings is 2. The van der Waals surface area contributed by atoms with Crippen molar-refractivity contribution in [1.29, 1.82) is 0 Å². The van der Waals surface area contributed by atoms with Crippen LogP contribution >= 0.6 is 11.6 Å². The first-order chi connectivity index (χ1) is 14.5. The normalized spacial score (nSPS) is 18.7. The van der Waals surface area contributed by atoms with Crippen molar-refractivity contribution < 1.29 is 4.79 Å². The number of fused-ring (bicyclic) bond motifs is 1. The molecule has 160 valence electrons. The van der Waals surface area contributed by atoms with Gasteiger partial charge >= 0.3 is 0 Å². The predicted octanol–water partition coefficient (Wildman–Crippen LogP) is 3.44. The molecule has 2 heterocycles. The maximum Gasteiger partial charge on any atom is 0.251 e. The number of hydrogen-bond acceptors (Lipinski definition) is 4. The molecule has 2 aliphatic rings. The van der Waals surface area contributed by atoms with Crippen LogP contribution in [0.2, 0.25) is 5.02 Å². The first-order valence-corrected chi connectivity index (χ1v) is 11.2. The molecule has 0 saturated carbocycles. The summed E-state index contributed by atoms with van der Waals surface area (Å²) in [6, 6.07) is 14.1. The van der Waals surface area contributed by atoms with Gasteiger partial charge in [-0.25, -0.2) is 0 Å². The quantitative estimate of drug-likeness (QED) is 0.794. The molecule has 0 aliphatic carbocycles. The number of likely N-dealkylation sites (N-methyl/N-ethyl adjacent to an activating group) is 1. The van der Waals surface area contributed by atoms with Gasteiger partial charge in [-0.15, -0.1) is 0 Å². The Labute approximate surface area is 184 Å². The van der Waals surface area contributed by atoms with Crippen molar-refractivity contribution in [2.24, 2.45) is 0 Å². The number of aryl methyl sites for hydroxylation is 1. The molecule has 5 nitrogen and oxygen atoms in total. The largest absolute Gasteiger partial charge is 0.374 e. The van der Waals surface area contributed by atoms with E-state index >= 15 is 0 Å². The summed E-state index contributed by atoms with van der Waals surface area (Å²) < 4.78 is 0. The molecule has 0 spiro atoms. The van der Waals surface area contributed by atoms with E-state index in [1.54, 1.807) is 24.3 Å². The highest BCUT2D eigenvalue weighted by Crippen LogP contribution is 2.31. The smallest absolute Gasteiger partial charge is 0.251 e. The maximum atomic E-state index is 12.7. The van der Waals surface area contributed by atoms with E-state index in [0.29, 0.717) is 17.1 Å². The Hall–Kier alpha value is -2.08. The highest BCUT2D eigenvalue weighted by molar-refractivity contribution is 6.30. The first-order valence-electron chi connectivity index (χ1n) is 10.8. The number of piperazine rings is 1. The maximum absolute atomic E-state index is 12.7. The second-order valence-electron chi connectivity index (χ2n) is 8.49. The highest BCUT2D eigenvalue weighted by atomic mass is 35.5. The Morgan fingerprint density at radius 2 is 1.77 bits per heavy atom. The summed E-state index contributed by atoms with van der Waals surface area (Å²) in [5.41, 5.74) is 4.70. The third-order valence-electron chi connectivity index (χ3n) is 6.38. The molecule has 1 atom stereocenters. The van der Waals surface area contributed by atoms with E-state index in [1.807, 2.05) is 0 Å². The molecule has 4 rings (SSSR count). The molecule has 2 aromatic rings. The lowest BCUT2D eigenvalue weighted by atomic mass is 9.95. The standard InChI is InChI=1S/C24H31ClN4O/c1-27-12-14-29(15-13-27)23(17-26-24(30)18-5-8-21(25)9-6-18)20-7-10-22-19(16-20)4-3-11-28(22)2/h5-10,16,23H,3-4,11-15,17H2,1-2H3,(H,26,30)/t23-/m1/s1. The van der Waals surface area contributed by atoms with Crippen LogP contribution in [0.15, 0.2) is 42.5 Å². The second-order valence-corrected chi connectivity index (χ2v) is 8.92. The number of carbonyl (C=O) groups excluding carboxylic acids is 1. The van der Waals surface area contributed by atoms with E-state index in [-0.39, 0.29) is 11.9 Å². The van der Waals surface area contributed by atoms with Gasteiger partial charge in [0.2, 0.25) is 0 Å². The van der Waals surface area contributed by atoms with Gasteiger partial charge in [0, 0.05) is 62.6 Å². The molecule has 0 radical (unpaired) electrons. The van der Waals surface area contributed by atoms with Crippen molar-refractivity contribution in [2.45, 2.75) is 18.9 Å². The van der Waals surface area contributed by atoms with Crippen molar-refractivity contribution >= 4 is 23.2 Å². The summed E-state index contributed by atoms with van der Waals surface area (Å²) in [5.74, 6) is -0.0523. The number of halogens is 1. The van der Waals surface area contributed by atoms with Gasteiger partial charge in [0.15, 0.2) is 0 Å². The fourth-order valence-electron chi connectivity index (χ4n) is 4.50. The van der Waals surface area contributed by atoms with Gasteiger partial charge in [-0.1, -0.05) is 23.7 Å². The van der Waals surface area contributed by atoms with E-state index in [9.17, 15) is 4.79 Å². The van der Waals surface area contributed by atoms with Crippen LogP contribution in [0, 0.1) is 0 Å². The summed E-state index contributed by atoms with van der Waals surface area (Å²) >= 11 is 5.96. The van der Waals surface area contributed by atoms with Crippen LogP contribution in [0.1, 0.15) is 33.9 Å². The summed E-state index contributed by atoms with van der Waals surface area (Å²) in [6.45, 7) is 5.83. The Bertz CT molecular complexity index is 877. The highest BCUT2D eigenvalue weighted by Gasteiger charge is 2.26. The zero-order valence-electron chi connectivity index (χ0n) is 17.9. The topological polar surface area (TPSA) is 38.8 Å². The van der Waals surface area contributed by atoms with Crippen LogP contribution < -0.4 is 10.2 Å². The molecule has 0 unspecified atom stereocenters. The van der Waals surface area contributed by atoms with Gasteiger partial charge in [-0.2, -0.15) is 0 Å². The number of hydrogen-bond donors (Lipinski definition) is 1. The summed E-state index contributed by atoms with van der Waals surface area (Å²) in [4.78, 5) is 19.9. The minimum atomic E-state index is -0.0523. The fraction of sp³-hybridized carbons (Fsp3) is 0.458. The third kappa shape index (κ3) is 4.80. The van der Waals surface area contributed by atoms with Crippen molar-refractivity contribution in [3.05, 3.63) is 64.2 Å². The number of anilines is 1. The Kier molecular flexibility index (Phi) is 6.61. The van der Waals surface area contributed by atoms with Gasteiger partial charge in [0.25, 0.3) is 5.91 Å². The van der Waals surface area contributed by atoms with Gasteiger partial charge in [-0.3, -0.25) is 9.69 Å². The summed E-state index contributed by atoms with van der Waals surface area (Å²) in [6.07, 6.45) is 2.32. The van der Waals surface area contributed by atoms with E-state index < -0.39 is 0 Å². The number of carbonyl (C=O) groups is 1. The van der Waals surface area contributed by atoms with Crippen LogP contribution in [0.3, 0.4) is 0 Å². The predicted molar refractivity (Wildman–Crippen MR) is 124 cm³/mol. The lowest BCUT2D eigenvalue weighted by Crippen LogP contribution is -2.48. The molecule has 2 aromatic carbocycles. The molecule has 6 heteroatoms. The van der Waals surface area contributed by atoms with E-state index in [0.717, 1.165) is 39.1 Å². The molecular formula is C24H31ClN4O. The van der Waals surface area contributed by atoms with Gasteiger partial charge in [-0.05, 0) is 61.3 Å². The molecular weight excluding hydrogens is 396 g/mol. The minimum Gasteiger partial charge on any atom is -0.374 e. The van der Waals surface area contributed by atoms with E-state index in [2.05, 4.69) is 52.3 Å². The van der Waals surface area contributed by atoms with E-state index in [1.165, 1.54) is 23.2 Å². The van der Waals surface area contributed by atoms with Crippen molar-refractivity contribution in [3.8, 4) is 0 Å². The van der Waals surface area contributed by atoms with Gasteiger partial charge in [0.05, 0.1) is 6.04 Å². The fourth-order valence-corrected chi connectivity index (χ4v) is 4.62. The first kappa shape index (κ1) is 21.2. The number of nitrogens with zero attached hydrogens (tertiary/aromatic N) is 3. The molecule has 1 amide bonds. The number of rotatable bonds is 5. The molecule has 1 saturated heterocycles. The van der Waals surface area contributed by atoms with Crippen LogP contribution in [0.4, 0.5) is 5.69 Å². The zero-order chi connectivity index (χ0) is 21.1. The molecule has 2 aliphatic heterocycles. The second kappa shape index (κ2) is 9.38.